The monoisotopic (exact) mass is 309 g/mol. The van der Waals surface area contributed by atoms with Crippen molar-refractivity contribution in [3.63, 3.8) is 0 Å². The lowest BCUT2D eigenvalue weighted by molar-refractivity contribution is 0.310. The summed E-state index contributed by atoms with van der Waals surface area (Å²) in [6.07, 6.45) is 1.88. The fraction of sp³-hybridized carbons (Fsp3) is 0.333. The number of hydrogen-bond donors (Lipinski definition) is 0. The van der Waals surface area contributed by atoms with Gasteiger partial charge in [-0.05, 0) is 6.42 Å². The Morgan fingerprint density at radius 2 is 1.81 bits per heavy atom. The molecule has 114 valence electrons. The van der Waals surface area contributed by atoms with Gasteiger partial charge in [0.1, 0.15) is 26.5 Å². The molecule has 0 amide bonds. The van der Waals surface area contributed by atoms with Crippen molar-refractivity contribution in [1.82, 2.24) is 0 Å². The summed E-state index contributed by atoms with van der Waals surface area (Å²) in [5.74, 6) is 0.526. The first-order valence-electron chi connectivity index (χ1n) is 6.67. The lowest BCUT2D eigenvalue weighted by atomic mass is 10.1. The molecule has 0 saturated carbocycles. The van der Waals surface area contributed by atoms with E-state index in [4.69, 9.17) is 9.47 Å². The van der Waals surface area contributed by atoms with Crippen LogP contribution >= 0.6 is 0 Å². The van der Waals surface area contributed by atoms with E-state index >= 15 is 0 Å². The summed E-state index contributed by atoms with van der Waals surface area (Å²) in [5.41, 5.74) is 0. The molecule has 0 atom stereocenters. The molecule has 0 unspecified atom stereocenters. The van der Waals surface area contributed by atoms with Gasteiger partial charge < -0.3 is 14.0 Å². The Hall–Kier alpha value is -1.79. The van der Waals surface area contributed by atoms with E-state index in [2.05, 4.69) is 6.92 Å². The van der Waals surface area contributed by atoms with E-state index in [0.29, 0.717) is 23.1 Å². The fourth-order valence-electron chi connectivity index (χ4n) is 2.15. The number of hydrogen-bond acceptors (Lipinski definition) is 5. The van der Waals surface area contributed by atoms with E-state index < -0.39 is 10.1 Å². The number of benzene rings is 2. The third-order valence-electron chi connectivity index (χ3n) is 3.15. The zero-order chi connectivity index (χ0) is 15.5. The second kappa shape index (κ2) is 6.32. The molecule has 0 spiro atoms. The average Bonchev–Trinajstić information content (AvgIpc) is 2.45. The van der Waals surface area contributed by atoms with Crippen LogP contribution in [0, 0.1) is 0 Å². The van der Waals surface area contributed by atoms with Gasteiger partial charge in [0.25, 0.3) is 0 Å². The highest BCUT2D eigenvalue weighted by Gasteiger charge is 2.18. The Bertz CT molecular complexity index is 737. The average molecular weight is 309 g/mol. The van der Waals surface area contributed by atoms with E-state index in [0.717, 1.165) is 12.8 Å². The third-order valence-corrected chi connectivity index (χ3v) is 4.07. The van der Waals surface area contributed by atoms with E-state index in [1.807, 2.05) is 0 Å². The molecule has 2 aromatic carbocycles. The summed E-state index contributed by atoms with van der Waals surface area (Å²) in [6.45, 7) is 2.57. The number of rotatable bonds is 6. The summed E-state index contributed by atoms with van der Waals surface area (Å²) < 4.78 is 45.3. The molecule has 0 aliphatic heterocycles. The largest absolute Gasteiger partial charge is 0.744 e. The topological polar surface area (TPSA) is 75.7 Å². The van der Waals surface area contributed by atoms with Gasteiger partial charge >= 0.3 is 0 Å². The molecule has 0 aliphatic rings. The van der Waals surface area contributed by atoms with Crippen molar-refractivity contribution >= 4 is 20.9 Å². The van der Waals surface area contributed by atoms with Crippen molar-refractivity contribution in [1.29, 1.82) is 0 Å². The van der Waals surface area contributed by atoms with Crippen LogP contribution in [-0.4, -0.2) is 26.7 Å². The van der Waals surface area contributed by atoms with Crippen molar-refractivity contribution in [3.05, 3.63) is 30.3 Å². The number of unbranched alkanes of at least 4 members (excludes halogenated alkanes) is 1. The van der Waals surface area contributed by atoms with E-state index in [-0.39, 0.29) is 10.6 Å². The van der Waals surface area contributed by atoms with Crippen molar-refractivity contribution < 1.29 is 22.4 Å². The summed E-state index contributed by atoms with van der Waals surface area (Å²) in [6, 6.07) is 8.21. The summed E-state index contributed by atoms with van der Waals surface area (Å²) in [5, 5.41) is 0.905. The normalized spacial score (nSPS) is 11.6. The zero-order valence-corrected chi connectivity index (χ0v) is 12.8. The summed E-state index contributed by atoms with van der Waals surface area (Å²) >= 11 is 0. The fourth-order valence-corrected chi connectivity index (χ4v) is 2.98. The molecule has 0 radical (unpaired) electrons. The van der Waals surface area contributed by atoms with Crippen LogP contribution in [0.2, 0.25) is 0 Å². The molecule has 0 fully saturated rings. The molecule has 21 heavy (non-hydrogen) atoms. The van der Waals surface area contributed by atoms with Gasteiger partial charge in [0.2, 0.25) is 0 Å². The summed E-state index contributed by atoms with van der Waals surface area (Å²) in [4.78, 5) is -0.344. The molecule has 0 bridgehead atoms. The molecule has 0 aromatic heterocycles. The molecule has 2 rings (SSSR count). The Morgan fingerprint density at radius 1 is 1.14 bits per heavy atom. The van der Waals surface area contributed by atoms with E-state index in [1.54, 1.807) is 24.3 Å². The van der Waals surface area contributed by atoms with Gasteiger partial charge in [-0.1, -0.05) is 37.6 Å². The quantitative estimate of drug-likeness (QED) is 0.606. The van der Waals surface area contributed by atoms with Gasteiger partial charge in [0, 0.05) is 16.8 Å². The predicted octanol–water partition coefficient (Wildman–Crippen LogP) is 2.93. The van der Waals surface area contributed by atoms with Gasteiger partial charge in [0.15, 0.2) is 0 Å². The lowest BCUT2D eigenvalue weighted by Crippen LogP contribution is -2.05. The molecule has 0 aliphatic carbocycles. The van der Waals surface area contributed by atoms with Crippen LogP contribution in [-0.2, 0) is 10.1 Å². The van der Waals surface area contributed by atoms with Crippen LogP contribution in [0.1, 0.15) is 19.8 Å². The Balaban J connectivity index is 2.68. The molecule has 0 N–H and O–H groups in total. The molecule has 0 heterocycles. The smallest absolute Gasteiger partial charge is 0.140 e. The van der Waals surface area contributed by atoms with Crippen molar-refractivity contribution in [2.45, 2.75) is 24.7 Å². The van der Waals surface area contributed by atoms with Crippen LogP contribution in [0.4, 0.5) is 0 Å². The van der Waals surface area contributed by atoms with Gasteiger partial charge in [-0.2, -0.15) is 0 Å². The second-order valence-corrected chi connectivity index (χ2v) is 5.92. The van der Waals surface area contributed by atoms with Gasteiger partial charge in [-0.3, -0.25) is 0 Å². The van der Waals surface area contributed by atoms with Gasteiger partial charge in [-0.15, -0.1) is 0 Å². The molecular weight excluding hydrogens is 292 g/mol. The van der Waals surface area contributed by atoms with Crippen molar-refractivity contribution in [2.75, 3.05) is 13.7 Å². The number of ether oxygens (including phenoxy) is 2. The Kier molecular flexibility index (Phi) is 4.69. The van der Waals surface area contributed by atoms with Crippen LogP contribution in [0.15, 0.2) is 35.2 Å². The maximum atomic E-state index is 11.5. The van der Waals surface area contributed by atoms with Crippen molar-refractivity contribution in [3.8, 4) is 11.5 Å². The molecule has 5 nitrogen and oxygen atoms in total. The molecule has 6 heteroatoms. The molecular formula is C15H17O5S-. The second-order valence-electron chi connectivity index (χ2n) is 4.61. The van der Waals surface area contributed by atoms with Crippen LogP contribution in [0.25, 0.3) is 10.8 Å². The number of methoxy groups -OCH3 is 1. The highest BCUT2D eigenvalue weighted by Crippen LogP contribution is 2.38. The van der Waals surface area contributed by atoms with Gasteiger partial charge in [0.05, 0.1) is 13.7 Å². The molecule has 0 saturated heterocycles. The minimum atomic E-state index is -4.64. The highest BCUT2D eigenvalue weighted by atomic mass is 32.2. The number of fused-ring (bicyclic) bond motifs is 1. The van der Waals surface area contributed by atoms with Crippen LogP contribution in [0.5, 0.6) is 11.5 Å². The molecule has 2 aromatic rings. The van der Waals surface area contributed by atoms with Gasteiger partial charge in [-0.25, -0.2) is 8.42 Å². The van der Waals surface area contributed by atoms with Crippen LogP contribution < -0.4 is 9.47 Å². The highest BCUT2D eigenvalue weighted by molar-refractivity contribution is 7.86. The lowest BCUT2D eigenvalue weighted by Gasteiger charge is -2.18. The third kappa shape index (κ3) is 3.28. The first-order valence-corrected chi connectivity index (χ1v) is 8.08. The zero-order valence-electron chi connectivity index (χ0n) is 12.0. The van der Waals surface area contributed by atoms with Crippen LogP contribution in [0.3, 0.4) is 0 Å². The first kappa shape index (κ1) is 15.6. The van der Waals surface area contributed by atoms with E-state index in [1.165, 1.54) is 13.2 Å². The maximum Gasteiger partial charge on any atom is 0.140 e. The van der Waals surface area contributed by atoms with E-state index in [9.17, 15) is 13.0 Å². The van der Waals surface area contributed by atoms with Crippen molar-refractivity contribution in [2.24, 2.45) is 0 Å². The maximum absolute atomic E-state index is 11.5. The predicted molar refractivity (Wildman–Crippen MR) is 78.9 cm³/mol. The standard InChI is InChI=1S/C15H18O5S/c1-3-4-9-20-13-10-14(19-2)15(21(16,17)18)12-8-6-5-7-11(12)13/h5-8,10H,3-4,9H2,1-2H3,(H,16,17,18)/p-1. The Morgan fingerprint density at radius 3 is 2.38 bits per heavy atom. The minimum absolute atomic E-state index is 0.00944. The first-order chi connectivity index (χ1) is 9.99. The summed E-state index contributed by atoms with van der Waals surface area (Å²) in [7, 11) is -3.32. The minimum Gasteiger partial charge on any atom is -0.744 e. The Labute approximate surface area is 124 Å². The SMILES string of the molecule is CCCCOc1cc(OC)c(S(=O)(=O)[O-])c2ccccc12.